The number of nitrogens with one attached hydrogen (secondary N) is 1. The normalized spacial score (nSPS) is 10.4. The second-order valence-corrected chi connectivity index (χ2v) is 3.43. The van der Waals surface area contributed by atoms with Crippen LogP contribution >= 0.6 is 0 Å². The van der Waals surface area contributed by atoms with Crippen LogP contribution in [0, 0.1) is 0 Å². The van der Waals surface area contributed by atoms with Crippen LogP contribution in [0.3, 0.4) is 0 Å². The molecule has 0 spiro atoms. The Kier molecular flexibility index (Phi) is 3.04. The number of aromatic nitrogens is 1. The van der Waals surface area contributed by atoms with Gasteiger partial charge in [0.15, 0.2) is 12.0 Å². The van der Waals surface area contributed by atoms with Crippen molar-refractivity contribution in [2.45, 2.75) is 6.42 Å². The number of aliphatic carboxylic acids is 1. The third-order valence-electron chi connectivity index (χ3n) is 2.22. The minimum absolute atomic E-state index is 0.0993. The largest absolute Gasteiger partial charge is 0.481 e. The van der Waals surface area contributed by atoms with Gasteiger partial charge in [0.2, 0.25) is 0 Å². The Labute approximate surface area is 96.3 Å². The van der Waals surface area contributed by atoms with Gasteiger partial charge in [-0.05, 0) is 18.2 Å². The molecule has 6 heteroatoms. The SMILES string of the molecule is O=C(O)CCNC(=O)c1ccc2ocnc2c1. The smallest absolute Gasteiger partial charge is 0.305 e. The molecule has 88 valence electrons. The fourth-order valence-electron chi connectivity index (χ4n) is 1.38. The van der Waals surface area contributed by atoms with E-state index in [1.54, 1.807) is 18.2 Å². The molecule has 0 aliphatic carbocycles. The zero-order valence-corrected chi connectivity index (χ0v) is 8.84. The maximum Gasteiger partial charge on any atom is 0.305 e. The van der Waals surface area contributed by atoms with Crippen molar-refractivity contribution in [3.8, 4) is 0 Å². The van der Waals surface area contributed by atoms with Crippen LogP contribution in [0.2, 0.25) is 0 Å². The van der Waals surface area contributed by atoms with E-state index in [-0.39, 0.29) is 18.9 Å². The van der Waals surface area contributed by atoms with E-state index in [0.29, 0.717) is 16.7 Å². The van der Waals surface area contributed by atoms with Crippen LogP contribution in [0.5, 0.6) is 0 Å². The number of benzene rings is 1. The molecule has 17 heavy (non-hydrogen) atoms. The Balaban J connectivity index is 2.05. The van der Waals surface area contributed by atoms with Crippen molar-refractivity contribution < 1.29 is 19.1 Å². The molecule has 0 saturated carbocycles. The van der Waals surface area contributed by atoms with Crippen LogP contribution in [0.15, 0.2) is 29.0 Å². The van der Waals surface area contributed by atoms with Crippen molar-refractivity contribution in [3.05, 3.63) is 30.2 Å². The summed E-state index contributed by atoms with van der Waals surface area (Å²) in [6.07, 6.45) is 1.20. The summed E-state index contributed by atoms with van der Waals surface area (Å²) in [5, 5.41) is 10.9. The fraction of sp³-hybridized carbons (Fsp3) is 0.182. The van der Waals surface area contributed by atoms with E-state index >= 15 is 0 Å². The van der Waals surface area contributed by atoms with Gasteiger partial charge in [0, 0.05) is 12.1 Å². The first kappa shape index (κ1) is 11.1. The summed E-state index contributed by atoms with van der Waals surface area (Å²) >= 11 is 0. The molecule has 0 fully saturated rings. The molecule has 0 aliphatic heterocycles. The van der Waals surface area contributed by atoms with Crippen LogP contribution in [0.4, 0.5) is 0 Å². The molecule has 1 aromatic carbocycles. The lowest BCUT2D eigenvalue weighted by molar-refractivity contribution is -0.136. The number of oxazole rings is 1. The highest BCUT2D eigenvalue weighted by molar-refractivity contribution is 5.97. The van der Waals surface area contributed by atoms with Gasteiger partial charge >= 0.3 is 5.97 Å². The average Bonchev–Trinajstić information content (AvgIpc) is 2.75. The minimum Gasteiger partial charge on any atom is -0.481 e. The molecule has 0 unspecified atom stereocenters. The highest BCUT2D eigenvalue weighted by Gasteiger charge is 2.08. The molecular formula is C11H10N2O4. The monoisotopic (exact) mass is 234 g/mol. The van der Waals surface area contributed by atoms with Gasteiger partial charge < -0.3 is 14.8 Å². The number of carbonyl (C=O) groups excluding carboxylic acids is 1. The fourth-order valence-corrected chi connectivity index (χ4v) is 1.38. The van der Waals surface area contributed by atoms with Gasteiger partial charge in [-0.2, -0.15) is 0 Å². The van der Waals surface area contributed by atoms with Gasteiger partial charge in [0.05, 0.1) is 6.42 Å². The van der Waals surface area contributed by atoms with Crippen molar-refractivity contribution in [1.82, 2.24) is 10.3 Å². The van der Waals surface area contributed by atoms with E-state index < -0.39 is 5.97 Å². The lowest BCUT2D eigenvalue weighted by Gasteiger charge is -2.02. The van der Waals surface area contributed by atoms with E-state index in [1.807, 2.05) is 0 Å². The number of amides is 1. The number of carboxylic acid groups (broad SMARTS) is 1. The Hall–Kier alpha value is -2.37. The van der Waals surface area contributed by atoms with Gasteiger partial charge in [-0.15, -0.1) is 0 Å². The summed E-state index contributed by atoms with van der Waals surface area (Å²) in [5.41, 5.74) is 1.62. The Morgan fingerprint density at radius 3 is 3.00 bits per heavy atom. The number of fused-ring (bicyclic) bond motifs is 1. The predicted molar refractivity (Wildman–Crippen MR) is 58.6 cm³/mol. The molecule has 1 aromatic heterocycles. The third kappa shape index (κ3) is 2.60. The summed E-state index contributed by atoms with van der Waals surface area (Å²) in [7, 11) is 0. The zero-order valence-electron chi connectivity index (χ0n) is 8.84. The zero-order chi connectivity index (χ0) is 12.3. The molecule has 2 rings (SSSR count). The maximum absolute atomic E-state index is 11.6. The third-order valence-corrected chi connectivity index (χ3v) is 2.22. The maximum atomic E-state index is 11.6. The molecule has 0 atom stereocenters. The van der Waals surface area contributed by atoms with Crippen LogP contribution in [0.25, 0.3) is 11.1 Å². The molecule has 0 aliphatic rings. The van der Waals surface area contributed by atoms with Gasteiger partial charge in [0.25, 0.3) is 5.91 Å². The first-order valence-electron chi connectivity index (χ1n) is 5.00. The molecule has 2 aromatic rings. The standard InChI is InChI=1S/C11H10N2O4/c14-10(15)3-4-12-11(16)7-1-2-9-8(5-7)13-6-17-9/h1-2,5-6H,3-4H2,(H,12,16)(H,14,15). The number of hydrogen-bond acceptors (Lipinski definition) is 4. The highest BCUT2D eigenvalue weighted by atomic mass is 16.4. The Morgan fingerprint density at radius 1 is 1.41 bits per heavy atom. The van der Waals surface area contributed by atoms with Crippen LogP contribution in [-0.2, 0) is 4.79 Å². The number of hydrogen-bond donors (Lipinski definition) is 2. The van der Waals surface area contributed by atoms with Gasteiger partial charge in [-0.1, -0.05) is 0 Å². The van der Waals surface area contributed by atoms with Crippen LogP contribution < -0.4 is 5.32 Å². The molecule has 0 bridgehead atoms. The first-order valence-corrected chi connectivity index (χ1v) is 5.00. The van der Waals surface area contributed by atoms with Crippen molar-refractivity contribution in [1.29, 1.82) is 0 Å². The van der Waals surface area contributed by atoms with Crippen molar-refractivity contribution >= 4 is 23.0 Å². The molecule has 1 heterocycles. The average molecular weight is 234 g/mol. The molecular weight excluding hydrogens is 224 g/mol. The second kappa shape index (κ2) is 4.65. The van der Waals surface area contributed by atoms with E-state index in [4.69, 9.17) is 9.52 Å². The topological polar surface area (TPSA) is 92.4 Å². The number of carboxylic acids is 1. The summed E-state index contributed by atoms with van der Waals surface area (Å²) in [4.78, 5) is 25.8. The number of nitrogens with zero attached hydrogens (tertiary/aromatic N) is 1. The summed E-state index contributed by atoms with van der Waals surface area (Å²) in [6.45, 7) is 0.102. The predicted octanol–water partition coefficient (Wildman–Crippen LogP) is 1.03. The number of rotatable bonds is 4. The molecule has 0 radical (unpaired) electrons. The van der Waals surface area contributed by atoms with Gasteiger partial charge in [0.1, 0.15) is 5.52 Å². The first-order chi connectivity index (χ1) is 8.16. The molecule has 6 nitrogen and oxygen atoms in total. The van der Waals surface area contributed by atoms with Gasteiger partial charge in [-0.25, -0.2) is 4.98 Å². The van der Waals surface area contributed by atoms with E-state index in [2.05, 4.69) is 10.3 Å². The lowest BCUT2D eigenvalue weighted by atomic mass is 10.2. The second-order valence-electron chi connectivity index (χ2n) is 3.43. The number of carbonyl (C=O) groups is 2. The van der Waals surface area contributed by atoms with E-state index in [0.717, 1.165) is 0 Å². The minimum atomic E-state index is -0.947. The Morgan fingerprint density at radius 2 is 2.24 bits per heavy atom. The summed E-state index contributed by atoms with van der Waals surface area (Å²) in [5.74, 6) is -1.27. The van der Waals surface area contributed by atoms with E-state index in [1.165, 1.54) is 6.39 Å². The van der Waals surface area contributed by atoms with Crippen molar-refractivity contribution in [2.75, 3.05) is 6.54 Å². The highest BCUT2D eigenvalue weighted by Crippen LogP contribution is 2.13. The van der Waals surface area contributed by atoms with Crippen molar-refractivity contribution in [2.24, 2.45) is 0 Å². The van der Waals surface area contributed by atoms with Crippen LogP contribution in [-0.4, -0.2) is 28.5 Å². The Bertz CT molecular complexity index is 561. The molecule has 0 saturated heterocycles. The molecule has 1 amide bonds. The lowest BCUT2D eigenvalue weighted by Crippen LogP contribution is -2.25. The van der Waals surface area contributed by atoms with Crippen LogP contribution in [0.1, 0.15) is 16.8 Å². The molecule has 2 N–H and O–H groups in total. The van der Waals surface area contributed by atoms with Crippen molar-refractivity contribution in [3.63, 3.8) is 0 Å². The van der Waals surface area contributed by atoms with E-state index in [9.17, 15) is 9.59 Å². The summed E-state index contributed by atoms with van der Waals surface area (Å²) in [6, 6.07) is 4.84. The summed E-state index contributed by atoms with van der Waals surface area (Å²) < 4.78 is 5.04. The van der Waals surface area contributed by atoms with Gasteiger partial charge in [-0.3, -0.25) is 9.59 Å². The quantitative estimate of drug-likeness (QED) is 0.824.